The van der Waals surface area contributed by atoms with Crippen molar-refractivity contribution >= 4 is 23.3 Å². The van der Waals surface area contributed by atoms with Gasteiger partial charge in [-0.05, 0) is 25.6 Å². The Morgan fingerprint density at radius 3 is 2.67 bits per heavy atom. The molecule has 0 unspecified atom stereocenters. The van der Waals surface area contributed by atoms with Gasteiger partial charge in [-0.2, -0.15) is 0 Å². The van der Waals surface area contributed by atoms with Crippen molar-refractivity contribution in [3.05, 3.63) is 0 Å². The van der Waals surface area contributed by atoms with E-state index in [0.29, 0.717) is 11.7 Å². The average molecular weight is 232 g/mol. The summed E-state index contributed by atoms with van der Waals surface area (Å²) in [7, 11) is 1.78. The van der Waals surface area contributed by atoms with Gasteiger partial charge in [0.05, 0.1) is 6.61 Å². The third-order valence-electron chi connectivity index (χ3n) is 1.82. The molecule has 0 heterocycles. The summed E-state index contributed by atoms with van der Waals surface area (Å²) in [6, 6.07) is 0. The van der Waals surface area contributed by atoms with Crippen LogP contribution in [0.25, 0.3) is 0 Å². The van der Waals surface area contributed by atoms with Gasteiger partial charge in [0.15, 0.2) is 5.11 Å². The third-order valence-corrected chi connectivity index (χ3v) is 2.28. The van der Waals surface area contributed by atoms with E-state index in [4.69, 9.17) is 17.0 Å². The molecule has 0 aromatic heterocycles. The first-order valence-electron chi connectivity index (χ1n) is 5.26. The zero-order chi connectivity index (χ0) is 11.7. The van der Waals surface area contributed by atoms with Crippen molar-refractivity contribution < 1.29 is 9.53 Å². The van der Waals surface area contributed by atoms with Crippen LogP contribution in [0.5, 0.6) is 0 Å². The van der Waals surface area contributed by atoms with Crippen LogP contribution in [0.3, 0.4) is 0 Å². The van der Waals surface area contributed by atoms with Gasteiger partial charge in [0.1, 0.15) is 6.54 Å². The maximum atomic E-state index is 11.1. The highest BCUT2D eigenvalue weighted by Gasteiger charge is 2.09. The van der Waals surface area contributed by atoms with Crippen LogP contribution in [0.15, 0.2) is 0 Å². The van der Waals surface area contributed by atoms with Gasteiger partial charge < -0.3 is 15.0 Å². The van der Waals surface area contributed by atoms with Crippen molar-refractivity contribution in [2.45, 2.75) is 26.7 Å². The summed E-state index contributed by atoms with van der Waals surface area (Å²) < 4.78 is 4.82. The van der Waals surface area contributed by atoms with E-state index >= 15 is 0 Å². The lowest BCUT2D eigenvalue weighted by Gasteiger charge is -2.19. The molecular weight excluding hydrogens is 212 g/mol. The molecular formula is C10H20N2O2S. The smallest absolute Gasteiger partial charge is 0.325 e. The average Bonchev–Trinajstić information content (AvgIpc) is 2.18. The third kappa shape index (κ3) is 7.13. The van der Waals surface area contributed by atoms with Crippen molar-refractivity contribution in [2.24, 2.45) is 0 Å². The van der Waals surface area contributed by atoms with Crippen molar-refractivity contribution in [3.8, 4) is 0 Å². The number of rotatable bonds is 6. The molecule has 0 rings (SSSR count). The Hall–Kier alpha value is -0.840. The van der Waals surface area contributed by atoms with Crippen LogP contribution in [0.2, 0.25) is 0 Å². The lowest BCUT2D eigenvalue weighted by atomic mass is 10.3. The Morgan fingerprint density at radius 1 is 1.47 bits per heavy atom. The van der Waals surface area contributed by atoms with Gasteiger partial charge in [-0.1, -0.05) is 13.3 Å². The van der Waals surface area contributed by atoms with E-state index in [2.05, 4.69) is 12.2 Å². The van der Waals surface area contributed by atoms with Gasteiger partial charge >= 0.3 is 5.97 Å². The quantitative estimate of drug-likeness (QED) is 0.423. The Balaban J connectivity index is 3.73. The molecule has 0 saturated carbocycles. The van der Waals surface area contributed by atoms with Gasteiger partial charge in [0, 0.05) is 13.6 Å². The Labute approximate surface area is 97.0 Å². The van der Waals surface area contributed by atoms with Gasteiger partial charge in [0.25, 0.3) is 0 Å². The molecule has 0 radical (unpaired) electrons. The molecule has 0 aromatic carbocycles. The van der Waals surface area contributed by atoms with E-state index in [1.165, 1.54) is 0 Å². The monoisotopic (exact) mass is 232 g/mol. The number of thiocarbonyl (C=S) groups is 1. The van der Waals surface area contributed by atoms with E-state index in [1.54, 1.807) is 18.9 Å². The molecule has 1 N–H and O–H groups in total. The Morgan fingerprint density at radius 2 is 2.13 bits per heavy atom. The highest BCUT2D eigenvalue weighted by Crippen LogP contribution is 1.89. The predicted molar refractivity (Wildman–Crippen MR) is 64.8 cm³/mol. The second-order valence-electron chi connectivity index (χ2n) is 3.25. The number of esters is 1. The highest BCUT2D eigenvalue weighted by molar-refractivity contribution is 7.80. The van der Waals surface area contributed by atoms with Crippen LogP contribution in [0.4, 0.5) is 0 Å². The molecule has 88 valence electrons. The molecule has 0 aliphatic carbocycles. The van der Waals surface area contributed by atoms with Crippen LogP contribution in [-0.4, -0.2) is 42.7 Å². The van der Waals surface area contributed by atoms with Gasteiger partial charge in [0.2, 0.25) is 0 Å². The number of unbranched alkanes of at least 4 members (excludes halogenated alkanes) is 1. The molecule has 0 amide bonds. The molecule has 0 spiro atoms. The van der Waals surface area contributed by atoms with Crippen LogP contribution >= 0.6 is 12.2 Å². The fourth-order valence-electron chi connectivity index (χ4n) is 0.979. The van der Waals surface area contributed by atoms with Crippen molar-refractivity contribution in [2.75, 3.05) is 26.7 Å². The minimum Gasteiger partial charge on any atom is -0.465 e. The standard InChI is InChI=1S/C10H20N2O2S/c1-4-6-7-11-10(15)12(3)8-9(13)14-5-2/h4-8H2,1-3H3,(H,11,15). The Kier molecular flexibility index (Phi) is 7.99. The number of nitrogens with one attached hydrogen (secondary N) is 1. The summed E-state index contributed by atoms with van der Waals surface area (Å²) in [5.41, 5.74) is 0. The molecule has 0 bridgehead atoms. The summed E-state index contributed by atoms with van der Waals surface area (Å²) in [5, 5.41) is 3.67. The predicted octanol–water partition coefficient (Wildman–Crippen LogP) is 1.16. The summed E-state index contributed by atoms with van der Waals surface area (Å²) >= 11 is 5.10. The minimum atomic E-state index is -0.250. The number of ether oxygens (including phenoxy) is 1. The molecule has 0 aliphatic rings. The number of hydrogen-bond acceptors (Lipinski definition) is 3. The van der Waals surface area contributed by atoms with Crippen LogP contribution < -0.4 is 5.32 Å². The SMILES string of the molecule is CCCCNC(=S)N(C)CC(=O)OCC. The normalized spacial score (nSPS) is 9.53. The van der Waals surface area contributed by atoms with E-state index in [9.17, 15) is 4.79 Å². The van der Waals surface area contributed by atoms with E-state index in [-0.39, 0.29) is 12.5 Å². The maximum Gasteiger partial charge on any atom is 0.325 e. The first kappa shape index (κ1) is 14.2. The molecule has 4 nitrogen and oxygen atoms in total. The van der Waals surface area contributed by atoms with E-state index in [1.807, 2.05) is 0 Å². The first-order chi connectivity index (χ1) is 7.11. The lowest BCUT2D eigenvalue weighted by Crippen LogP contribution is -2.40. The highest BCUT2D eigenvalue weighted by atomic mass is 32.1. The molecule has 15 heavy (non-hydrogen) atoms. The van der Waals surface area contributed by atoms with Gasteiger partial charge in [-0.3, -0.25) is 4.79 Å². The number of nitrogens with zero attached hydrogens (tertiary/aromatic N) is 1. The van der Waals surface area contributed by atoms with Crippen molar-refractivity contribution in [1.82, 2.24) is 10.2 Å². The molecule has 0 aliphatic heterocycles. The summed E-state index contributed by atoms with van der Waals surface area (Å²) in [5.74, 6) is -0.250. The number of carbonyl (C=O) groups excluding carboxylic acids is 1. The molecule has 0 aromatic rings. The van der Waals surface area contributed by atoms with Crippen LogP contribution in [0.1, 0.15) is 26.7 Å². The summed E-state index contributed by atoms with van der Waals surface area (Å²) in [4.78, 5) is 12.8. The van der Waals surface area contributed by atoms with Crippen LogP contribution in [0, 0.1) is 0 Å². The maximum absolute atomic E-state index is 11.1. The Bertz CT molecular complexity index is 210. The minimum absolute atomic E-state index is 0.200. The molecule has 0 saturated heterocycles. The van der Waals surface area contributed by atoms with Crippen molar-refractivity contribution in [3.63, 3.8) is 0 Å². The zero-order valence-electron chi connectivity index (χ0n) is 9.71. The van der Waals surface area contributed by atoms with Gasteiger partial charge in [-0.15, -0.1) is 0 Å². The molecule has 0 atom stereocenters. The zero-order valence-corrected chi connectivity index (χ0v) is 10.5. The van der Waals surface area contributed by atoms with E-state index < -0.39 is 0 Å². The number of carbonyl (C=O) groups is 1. The summed E-state index contributed by atoms with van der Waals surface area (Å²) in [6.45, 7) is 5.36. The summed E-state index contributed by atoms with van der Waals surface area (Å²) in [6.07, 6.45) is 2.20. The lowest BCUT2D eigenvalue weighted by molar-refractivity contribution is -0.143. The fraction of sp³-hybridized carbons (Fsp3) is 0.800. The van der Waals surface area contributed by atoms with Crippen LogP contribution in [-0.2, 0) is 9.53 Å². The largest absolute Gasteiger partial charge is 0.465 e. The molecule has 5 heteroatoms. The van der Waals surface area contributed by atoms with Crippen molar-refractivity contribution in [1.29, 1.82) is 0 Å². The van der Waals surface area contributed by atoms with Gasteiger partial charge in [-0.25, -0.2) is 0 Å². The second-order valence-corrected chi connectivity index (χ2v) is 3.63. The fourth-order valence-corrected chi connectivity index (χ4v) is 1.15. The first-order valence-corrected chi connectivity index (χ1v) is 5.67. The molecule has 0 fully saturated rings. The topological polar surface area (TPSA) is 41.6 Å². The number of hydrogen-bond donors (Lipinski definition) is 1. The second kappa shape index (κ2) is 8.47. The number of likely N-dealkylation sites (N-methyl/N-ethyl adjacent to an activating group) is 1. The van der Waals surface area contributed by atoms with E-state index in [0.717, 1.165) is 19.4 Å².